The van der Waals surface area contributed by atoms with E-state index >= 15 is 0 Å². The molecular weight excluding hydrogens is 191 g/mol. The van der Waals surface area contributed by atoms with Gasteiger partial charge in [0.2, 0.25) is 0 Å². The first-order valence-electron chi connectivity index (χ1n) is 3.89. The van der Waals surface area contributed by atoms with Crippen molar-refractivity contribution in [3.05, 3.63) is 41.3 Å². The van der Waals surface area contributed by atoms with Crippen LogP contribution in [0.25, 0.3) is 0 Å². The second kappa shape index (κ2) is 3.70. The van der Waals surface area contributed by atoms with Crippen LogP contribution in [0.4, 0.5) is 13.2 Å². The Balaban J connectivity index is 3.31. The molecule has 0 spiro atoms. The first kappa shape index (κ1) is 10.6. The average molecular weight is 198 g/mol. The fraction of sp³-hybridized carbons (Fsp3) is 0.200. The maximum atomic E-state index is 12.4. The quantitative estimate of drug-likeness (QED) is 0.680. The Bertz CT molecular complexity index is 374. The third kappa shape index (κ3) is 2.05. The molecule has 0 bridgehead atoms. The predicted molar refractivity (Wildman–Crippen MR) is 45.2 cm³/mol. The minimum Gasteiger partial charge on any atom is -0.192 e. The van der Waals surface area contributed by atoms with E-state index in [-0.39, 0.29) is 5.56 Å². The van der Waals surface area contributed by atoms with Gasteiger partial charge < -0.3 is 0 Å². The lowest BCUT2D eigenvalue weighted by Crippen LogP contribution is -2.08. The summed E-state index contributed by atoms with van der Waals surface area (Å²) in [6, 6.07) is 5.15. The van der Waals surface area contributed by atoms with Crippen LogP contribution >= 0.6 is 0 Å². The highest BCUT2D eigenvalue weighted by Gasteiger charge is 2.33. The number of halogens is 3. The standard InChI is InChI=1S/C10H7F3N/c1-2-7-3-4-8(6-14)9(5-7)10(11,12)13/h2-5H,1H3. The van der Waals surface area contributed by atoms with E-state index in [1.54, 1.807) is 13.3 Å². The van der Waals surface area contributed by atoms with Gasteiger partial charge in [-0.2, -0.15) is 18.4 Å². The zero-order valence-corrected chi connectivity index (χ0v) is 7.39. The van der Waals surface area contributed by atoms with Crippen LogP contribution in [0.2, 0.25) is 0 Å². The third-order valence-electron chi connectivity index (χ3n) is 1.80. The monoisotopic (exact) mass is 198 g/mol. The number of hydrogen-bond donors (Lipinski definition) is 0. The molecule has 1 aromatic carbocycles. The van der Waals surface area contributed by atoms with Crippen molar-refractivity contribution < 1.29 is 13.2 Å². The molecule has 0 aliphatic carbocycles. The van der Waals surface area contributed by atoms with Crippen LogP contribution in [0.1, 0.15) is 23.6 Å². The van der Waals surface area contributed by atoms with E-state index < -0.39 is 11.7 Å². The minimum atomic E-state index is -4.47. The predicted octanol–water partition coefficient (Wildman–Crippen LogP) is 3.15. The lowest BCUT2D eigenvalue weighted by molar-refractivity contribution is -0.137. The van der Waals surface area contributed by atoms with Crippen molar-refractivity contribution in [3.8, 4) is 6.07 Å². The Morgan fingerprint density at radius 1 is 1.36 bits per heavy atom. The molecule has 1 radical (unpaired) electrons. The van der Waals surface area contributed by atoms with Gasteiger partial charge in [0.25, 0.3) is 0 Å². The van der Waals surface area contributed by atoms with Crippen molar-refractivity contribution in [2.24, 2.45) is 0 Å². The Kier molecular flexibility index (Phi) is 2.80. The zero-order chi connectivity index (χ0) is 10.8. The molecular formula is C10H7F3N. The van der Waals surface area contributed by atoms with Crippen molar-refractivity contribution in [1.29, 1.82) is 5.26 Å². The largest absolute Gasteiger partial charge is 0.417 e. The summed E-state index contributed by atoms with van der Waals surface area (Å²) < 4.78 is 37.2. The normalized spacial score (nSPS) is 11.1. The van der Waals surface area contributed by atoms with E-state index in [1.165, 1.54) is 18.2 Å². The molecule has 0 unspecified atom stereocenters. The van der Waals surface area contributed by atoms with Gasteiger partial charge in [-0.15, -0.1) is 0 Å². The highest BCUT2D eigenvalue weighted by molar-refractivity contribution is 5.43. The third-order valence-corrected chi connectivity index (χ3v) is 1.80. The second-order valence-corrected chi connectivity index (χ2v) is 2.70. The fourth-order valence-electron chi connectivity index (χ4n) is 1.07. The van der Waals surface area contributed by atoms with Crippen LogP contribution in [0.15, 0.2) is 18.2 Å². The summed E-state index contributed by atoms with van der Waals surface area (Å²) >= 11 is 0. The molecule has 14 heavy (non-hydrogen) atoms. The molecule has 0 aliphatic rings. The zero-order valence-electron chi connectivity index (χ0n) is 7.39. The number of nitriles is 1. The number of nitrogens with zero attached hydrogens (tertiary/aromatic N) is 1. The van der Waals surface area contributed by atoms with Gasteiger partial charge in [-0.3, -0.25) is 0 Å². The second-order valence-electron chi connectivity index (χ2n) is 2.70. The number of rotatable bonds is 1. The van der Waals surface area contributed by atoms with Gasteiger partial charge in [-0.05, 0) is 24.1 Å². The SMILES string of the molecule is C[CH]c1ccc(C#N)c(C(F)(F)F)c1. The Morgan fingerprint density at radius 3 is 2.43 bits per heavy atom. The van der Waals surface area contributed by atoms with E-state index in [0.29, 0.717) is 5.56 Å². The van der Waals surface area contributed by atoms with Crippen molar-refractivity contribution in [1.82, 2.24) is 0 Å². The Morgan fingerprint density at radius 2 is 2.00 bits per heavy atom. The van der Waals surface area contributed by atoms with Crippen molar-refractivity contribution in [2.75, 3.05) is 0 Å². The van der Waals surface area contributed by atoms with Crippen LogP contribution in [0.5, 0.6) is 0 Å². The first-order chi connectivity index (χ1) is 6.49. The van der Waals surface area contributed by atoms with E-state index in [4.69, 9.17) is 5.26 Å². The first-order valence-corrected chi connectivity index (χ1v) is 3.89. The molecule has 0 atom stereocenters. The maximum Gasteiger partial charge on any atom is 0.417 e. The van der Waals surface area contributed by atoms with E-state index in [0.717, 1.165) is 6.07 Å². The van der Waals surface area contributed by atoms with Gasteiger partial charge in [-0.1, -0.05) is 13.0 Å². The molecule has 73 valence electrons. The molecule has 0 amide bonds. The van der Waals surface area contributed by atoms with Gasteiger partial charge in [0.1, 0.15) is 0 Å². The summed E-state index contributed by atoms with van der Waals surface area (Å²) in [7, 11) is 0. The molecule has 1 nitrogen and oxygen atoms in total. The van der Waals surface area contributed by atoms with Crippen molar-refractivity contribution >= 4 is 0 Å². The van der Waals surface area contributed by atoms with Crippen LogP contribution in [0.3, 0.4) is 0 Å². The highest BCUT2D eigenvalue weighted by atomic mass is 19.4. The smallest absolute Gasteiger partial charge is 0.192 e. The molecule has 1 aromatic rings. The number of hydrogen-bond acceptors (Lipinski definition) is 1. The lowest BCUT2D eigenvalue weighted by Gasteiger charge is -2.09. The highest BCUT2D eigenvalue weighted by Crippen LogP contribution is 2.32. The van der Waals surface area contributed by atoms with Gasteiger partial charge >= 0.3 is 6.18 Å². The molecule has 0 fully saturated rings. The van der Waals surface area contributed by atoms with Crippen LogP contribution < -0.4 is 0 Å². The minimum absolute atomic E-state index is 0.344. The summed E-state index contributed by atoms with van der Waals surface area (Å²) in [5.74, 6) is 0. The Labute approximate surface area is 79.8 Å². The number of benzene rings is 1. The Hall–Kier alpha value is -1.50. The number of alkyl halides is 3. The molecule has 0 aromatic heterocycles. The van der Waals surface area contributed by atoms with Gasteiger partial charge in [-0.25, -0.2) is 0 Å². The summed E-state index contributed by atoms with van der Waals surface area (Å²) in [5, 5.41) is 8.49. The molecule has 0 aliphatic heterocycles. The van der Waals surface area contributed by atoms with E-state index in [1.807, 2.05) is 0 Å². The molecule has 4 heteroatoms. The molecule has 1 rings (SSSR count). The average Bonchev–Trinajstić information content (AvgIpc) is 2.15. The van der Waals surface area contributed by atoms with Gasteiger partial charge in [0.15, 0.2) is 0 Å². The van der Waals surface area contributed by atoms with Crippen LogP contribution in [0, 0.1) is 17.8 Å². The summed E-state index contributed by atoms with van der Waals surface area (Å²) in [6.07, 6.45) is -2.92. The van der Waals surface area contributed by atoms with E-state index in [2.05, 4.69) is 0 Å². The fourth-order valence-corrected chi connectivity index (χ4v) is 1.07. The molecule has 0 saturated carbocycles. The van der Waals surface area contributed by atoms with Crippen LogP contribution in [-0.2, 0) is 6.18 Å². The van der Waals surface area contributed by atoms with Crippen LogP contribution in [-0.4, -0.2) is 0 Å². The molecule has 0 saturated heterocycles. The van der Waals surface area contributed by atoms with Crippen molar-refractivity contribution in [3.63, 3.8) is 0 Å². The lowest BCUT2D eigenvalue weighted by atomic mass is 10.0. The summed E-state index contributed by atoms with van der Waals surface area (Å²) in [4.78, 5) is 0. The topological polar surface area (TPSA) is 23.8 Å². The summed E-state index contributed by atoms with van der Waals surface area (Å²) in [6.45, 7) is 1.64. The van der Waals surface area contributed by atoms with Gasteiger partial charge in [0.05, 0.1) is 17.2 Å². The van der Waals surface area contributed by atoms with Crippen molar-refractivity contribution in [2.45, 2.75) is 13.1 Å². The van der Waals surface area contributed by atoms with E-state index in [9.17, 15) is 13.2 Å². The summed E-state index contributed by atoms with van der Waals surface area (Å²) in [5.41, 5.74) is -0.768. The molecule has 0 N–H and O–H groups in total. The van der Waals surface area contributed by atoms with Gasteiger partial charge in [0, 0.05) is 0 Å². The maximum absolute atomic E-state index is 12.4. The molecule has 0 heterocycles.